The summed E-state index contributed by atoms with van der Waals surface area (Å²) in [6, 6.07) is 7.89. The number of aryl methyl sites for hydroxylation is 1. The van der Waals surface area contributed by atoms with Crippen molar-refractivity contribution in [3.8, 4) is 0 Å². The first kappa shape index (κ1) is 13.6. The molecule has 0 saturated carbocycles. The summed E-state index contributed by atoms with van der Waals surface area (Å²) in [5, 5.41) is 2.96. The van der Waals surface area contributed by atoms with Crippen LogP contribution >= 0.6 is 0 Å². The highest BCUT2D eigenvalue weighted by molar-refractivity contribution is 5.81. The Labute approximate surface area is 113 Å². The molecule has 1 heterocycles. The highest BCUT2D eigenvalue weighted by Gasteiger charge is 2.10. The van der Waals surface area contributed by atoms with Gasteiger partial charge in [-0.2, -0.15) is 0 Å². The molecule has 1 aromatic heterocycles. The third-order valence-corrected chi connectivity index (χ3v) is 3.19. The van der Waals surface area contributed by atoms with Crippen LogP contribution in [0.4, 0.5) is 0 Å². The number of carbonyl (C=O) groups is 1. The molecule has 4 nitrogen and oxygen atoms in total. The number of rotatable bonds is 5. The van der Waals surface area contributed by atoms with Crippen molar-refractivity contribution in [1.29, 1.82) is 0 Å². The van der Waals surface area contributed by atoms with Gasteiger partial charge in [-0.1, -0.05) is 26.0 Å². The van der Waals surface area contributed by atoms with Crippen LogP contribution in [0.1, 0.15) is 26.1 Å². The van der Waals surface area contributed by atoms with E-state index in [-0.39, 0.29) is 5.91 Å². The summed E-state index contributed by atoms with van der Waals surface area (Å²) >= 11 is 0. The van der Waals surface area contributed by atoms with Gasteiger partial charge in [-0.3, -0.25) is 4.79 Å². The van der Waals surface area contributed by atoms with Crippen molar-refractivity contribution in [2.45, 2.75) is 33.7 Å². The number of imidazole rings is 1. The lowest BCUT2D eigenvalue weighted by molar-refractivity contribution is -0.121. The van der Waals surface area contributed by atoms with Crippen LogP contribution in [0.5, 0.6) is 0 Å². The zero-order chi connectivity index (χ0) is 13.8. The Bertz CT molecular complexity index is 572. The van der Waals surface area contributed by atoms with Crippen LogP contribution in [0.15, 0.2) is 24.3 Å². The fourth-order valence-electron chi connectivity index (χ4n) is 2.10. The molecule has 0 saturated heterocycles. The first-order valence-corrected chi connectivity index (χ1v) is 6.76. The molecular formula is C15H21N3O. The largest absolute Gasteiger partial charge is 0.355 e. The minimum Gasteiger partial charge on any atom is -0.355 e. The van der Waals surface area contributed by atoms with Gasteiger partial charge in [0.25, 0.3) is 0 Å². The first-order chi connectivity index (χ1) is 9.08. The lowest BCUT2D eigenvalue weighted by atomic mass is 10.1. The van der Waals surface area contributed by atoms with Crippen molar-refractivity contribution in [3.05, 3.63) is 30.1 Å². The third kappa shape index (κ3) is 3.34. The minimum atomic E-state index is 0.0481. The highest BCUT2D eigenvalue weighted by atomic mass is 16.1. The van der Waals surface area contributed by atoms with Crippen molar-refractivity contribution in [3.63, 3.8) is 0 Å². The molecule has 0 atom stereocenters. The van der Waals surface area contributed by atoms with Gasteiger partial charge >= 0.3 is 0 Å². The summed E-state index contributed by atoms with van der Waals surface area (Å²) < 4.78 is 1.96. The van der Waals surface area contributed by atoms with Gasteiger partial charge in [-0.15, -0.1) is 0 Å². The smallest absolute Gasteiger partial charge is 0.240 e. The maximum Gasteiger partial charge on any atom is 0.240 e. The molecule has 0 unspecified atom stereocenters. The number of hydrogen-bond acceptors (Lipinski definition) is 2. The molecule has 0 radical (unpaired) electrons. The van der Waals surface area contributed by atoms with Crippen LogP contribution in [0, 0.1) is 12.8 Å². The molecule has 0 aliphatic carbocycles. The number of fused-ring (bicyclic) bond motifs is 1. The maximum absolute atomic E-state index is 11.9. The van der Waals surface area contributed by atoms with Crippen LogP contribution < -0.4 is 5.32 Å². The quantitative estimate of drug-likeness (QED) is 0.896. The lowest BCUT2D eigenvalue weighted by Gasteiger charge is -2.09. The Morgan fingerprint density at radius 2 is 2.11 bits per heavy atom. The van der Waals surface area contributed by atoms with Crippen LogP contribution in [0.2, 0.25) is 0 Å². The monoisotopic (exact) mass is 259 g/mol. The topological polar surface area (TPSA) is 46.9 Å². The standard InChI is InChI=1S/C15H21N3O/c1-11(2)8-9-16-15(19)10-18-12(3)17-13-6-4-5-7-14(13)18/h4-7,11H,8-10H2,1-3H3,(H,16,19). The Kier molecular flexibility index (Phi) is 4.20. The zero-order valence-electron chi connectivity index (χ0n) is 11.8. The van der Waals surface area contributed by atoms with E-state index >= 15 is 0 Å². The second kappa shape index (κ2) is 5.87. The molecule has 0 aliphatic heterocycles. The highest BCUT2D eigenvalue weighted by Crippen LogP contribution is 2.14. The van der Waals surface area contributed by atoms with Gasteiger partial charge in [0.2, 0.25) is 5.91 Å². The van der Waals surface area contributed by atoms with Crippen molar-refractivity contribution in [1.82, 2.24) is 14.9 Å². The fourth-order valence-corrected chi connectivity index (χ4v) is 2.10. The van der Waals surface area contributed by atoms with Gasteiger partial charge in [0.15, 0.2) is 0 Å². The minimum absolute atomic E-state index is 0.0481. The molecule has 1 aromatic carbocycles. The number of hydrogen-bond donors (Lipinski definition) is 1. The summed E-state index contributed by atoms with van der Waals surface area (Å²) in [7, 11) is 0. The third-order valence-electron chi connectivity index (χ3n) is 3.19. The average Bonchev–Trinajstić information content (AvgIpc) is 2.66. The van der Waals surface area contributed by atoms with E-state index in [2.05, 4.69) is 24.1 Å². The maximum atomic E-state index is 11.9. The first-order valence-electron chi connectivity index (χ1n) is 6.76. The molecule has 2 aromatic rings. The number of aromatic nitrogens is 2. The average molecular weight is 259 g/mol. The molecule has 102 valence electrons. The van der Waals surface area contributed by atoms with E-state index in [1.807, 2.05) is 35.8 Å². The zero-order valence-corrected chi connectivity index (χ0v) is 11.8. The summed E-state index contributed by atoms with van der Waals surface area (Å²) in [5.74, 6) is 1.53. The summed E-state index contributed by atoms with van der Waals surface area (Å²) in [5.41, 5.74) is 1.95. The van der Waals surface area contributed by atoms with Crippen LogP contribution in [0.3, 0.4) is 0 Å². The van der Waals surface area contributed by atoms with Crippen LogP contribution in [-0.2, 0) is 11.3 Å². The Balaban J connectivity index is 2.04. The predicted molar refractivity (Wildman–Crippen MR) is 76.9 cm³/mol. The number of amides is 1. The molecule has 4 heteroatoms. The molecule has 0 aliphatic rings. The van der Waals surface area contributed by atoms with Crippen molar-refractivity contribution >= 4 is 16.9 Å². The van der Waals surface area contributed by atoms with E-state index in [0.717, 1.165) is 29.8 Å². The van der Waals surface area contributed by atoms with E-state index in [0.29, 0.717) is 12.5 Å². The Morgan fingerprint density at radius 1 is 1.37 bits per heavy atom. The number of nitrogens with zero attached hydrogens (tertiary/aromatic N) is 2. The van der Waals surface area contributed by atoms with Gasteiger partial charge in [0.05, 0.1) is 11.0 Å². The van der Waals surface area contributed by atoms with Crippen LogP contribution in [0.25, 0.3) is 11.0 Å². The number of nitrogens with one attached hydrogen (secondary N) is 1. The second-order valence-corrected chi connectivity index (χ2v) is 5.27. The van der Waals surface area contributed by atoms with Gasteiger partial charge in [-0.25, -0.2) is 4.98 Å². The van der Waals surface area contributed by atoms with Crippen molar-refractivity contribution in [2.75, 3.05) is 6.54 Å². The predicted octanol–water partition coefficient (Wildman–Crippen LogP) is 2.51. The summed E-state index contributed by atoms with van der Waals surface area (Å²) in [6.07, 6.45) is 1.01. The summed E-state index contributed by atoms with van der Waals surface area (Å²) in [6.45, 7) is 7.31. The molecule has 1 N–H and O–H groups in total. The van der Waals surface area contributed by atoms with Gasteiger partial charge in [-0.05, 0) is 31.4 Å². The molecule has 0 fully saturated rings. The van der Waals surface area contributed by atoms with Crippen LogP contribution in [-0.4, -0.2) is 22.0 Å². The van der Waals surface area contributed by atoms with Gasteiger partial charge in [0.1, 0.15) is 12.4 Å². The molecule has 0 bridgehead atoms. The summed E-state index contributed by atoms with van der Waals surface area (Å²) in [4.78, 5) is 16.4. The van der Waals surface area contributed by atoms with E-state index in [9.17, 15) is 4.79 Å². The SMILES string of the molecule is Cc1nc2ccccc2n1CC(=O)NCCC(C)C. The second-order valence-electron chi connectivity index (χ2n) is 5.27. The Morgan fingerprint density at radius 3 is 2.84 bits per heavy atom. The van der Waals surface area contributed by atoms with Crippen molar-refractivity contribution in [2.24, 2.45) is 5.92 Å². The fraction of sp³-hybridized carbons (Fsp3) is 0.467. The van der Waals surface area contributed by atoms with E-state index < -0.39 is 0 Å². The van der Waals surface area contributed by atoms with E-state index in [1.165, 1.54) is 0 Å². The van der Waals surface area contributed by atoms with E-state index in [4.69, 9.17) is 0 Å². The molecule has 19 heavy (non-hydrogen) atoms. The molecule has 0 spiro atoms. The van der Waals surface area contributed by atoms with Gasteiger partial charge < -0.3 is 9.88 Å². The van der Waals surface area contributed by atoms with Gasteiger partial charge in [0, 0.05) is 6.54 Å². The molecular weight excluding hydrogens is 238 g/mol. The number of benzene rings is 1. The molecule has 2 rings (SSSR count). The Hall–Kier alpha value is -1.84. The lowest BCUT2D eigenvalue weighted by Crippen LogP contribution is -2.29. The normalized spacial score (nSPS) is 11.2. The molecule has 1 amide bonds. The number of carbonyl (C=O) groups excluding carboxylic acids is 1. The van der Waals surface area contributed by atoms with E-state index in [1.54, 1.807) is 0 Å². The number of para-hydroxylation sites is 2. The van der Waals surface area contributed by atoms with Crippen molar-refractivity contribution < 1.29 is 4.79 Å².